The third kappa shape index (κ3) is 2.86. The number of nitrogens with zero attached hydrogens (tertiary/aromatic N) is 3. The van der Waals surface area contributed by atoms with Crippen LogP contribution in [0.2, 0.25) is 0 Å². The molecule has 0 aromatic carbocycles. The molecule has 7 heteroatoms. The highest BCUT2D eigenvalue weighted by molar-refractivity contribution is 6.07. The van der Waals surface area contributed by atoms with Crippen molar-refractivity contribution in [2.75, 3.05) is 20.2 Å². The molecule has 2 saturated heterocycles. The maximum atomic E-state index is 12.8. The van der Waals surface area contributed by atoms with E-state index in [0.717, 1.165) is 29.1 Å². The van der Waals surface area contributed by atoms with Crippen LogP contribution in [0, 0.1) is 13.8 Å². The standard InChI is InChI=1S/C18H26N4O3/c1-11(2)22-16(23)18(20-17(22)24)6-7-21(10-18)9-14-13(4)15(25-5)12(3)8-19-14/h8,11H,6-7,9-10H2,1-5H3,(H,20,24)/t18-/m0/s1. The number of imide groups is 1. The predicted octanol–water partition coefficient (Wildman–Crippen LogP) is 1.61. The average Bonchev–Trinajstić information content (AvgIpc) is 3.04. The highest BCUT2D eigenvalue weighted by Gasteiger charge is 2.55. The predicted molar refractivity (Wildman–Crippen MR) is 93.4 cm³/mol. The van der Waals surface area contributed by atoms with Gasteiger partial charge in [0.05, 0.1) is 12.8 Å². The summed E-state index contributed by atoms with van der Waals surface area (Å²) < 4.78 is 5.47. The van der Waals surface area contributed by atoms with E-state index in [0.29, 0.717) is 19.5 Å². The van der Waals surface area contributed by atoms with Crippen molar-refractivity contribution in [2.24, 2.45) is 0 Å². The summed E-state index contributed by atoms with van der Waals surface area (Å²) in [4.78, 5) is 33.0. The lowest BCUT2D eigenvalue weighted by Crippen LogP contribution is -2.49. The molecule has 3 amide bonds. The van der Waals surface area contributed by atoms with Crippen molar-refractivity contribution in [3.63, 3.8) is 0 Å². The van der Waals surface area contributed by atoms with Crippen LogP contribution >= 0.6 is 0 Å². The van der Waals surface area contributed by atoms with Gasteiger partial charge in [0.2, 0.25) is 0 Å². The minimum Gasteiger partial charge on any atom is -0.496 e. The van der Waals surface area contributed by atoms with Crippen molar-refractivity contribution in [1.29, 1.82) is 0 Å². The van der Waals surface area contributed by atoms with E-state index in [9.17, 15) is 9.59 Å². The van der Waals surface area contributed by atoms with E-state index in [-0.39, 0.29) is 18.0 Å². The van der Waals surface area contributed by atoms with E-state index in [1.165, 1.54) is 4.90 Å². The van der Waals surface area contributed by atoms with Crippen LogP contribution in [0.1, 0.15) is 37.1 Å². The summed E-state index contributed by atoms with van der Waals surface area (Å²) in [6.45, 7) is 9.58. The van der Waals surface area contributed by atoms with Crippen LogP contribution in [0.4, 0.5) is 4.79 Å². The van der Waals surface area contributed by atoms with Crippen molar-refractivity contribution in [2.45, 2.75) is 52.2 Å². The van der Waals surface area contributed by atoms with Crippen LogP contribution in [-0.4, -0.2) is 58.5 Å². The minimum atomic E-state index is -0.788. The van der Waals surface area contributed by atoms with Gasteiger partial charge in [0, 0.05) is 43.0 Å². The first-order valence-electron chi connectivity index (χ1n) is 8.66. The van der Waals surface area contributed by atoms with Gasteiger partial charge in [-0.05, 0) is 34.1 Å². The molecule has 0 saturated carbocycles. The third-order valence-corrected chi connectivity index (χ3v) is 5.18. The summed E-state index contributed by atoms with van der Waals surface area (Å²) in [5.41, 5.74) is 2.18. The molecule has 1 atom stereocenters. The number of pyridine rings is 1. The Labute approximate surface area is 148 Å². The number of rotatable bonds is 4. The third-order valence-electron chi connectivity index (χ3n) is 5.18. The monoisotopic (exact) mass is 346 g/mol. The molecular weight excluding hydrogens is 320 g/mol. The van der Waals surface area contributed by atoms with E-state index in [1.54, 1.807) is 7.11 Å². The number of hydrogen-bond acceptors (Lipinski definition) is 5. The fourth-order valence-corrected chi connectivity index (χ4v) is 3.85. The summed E-state index contributed by atoms with van der Waals surface area (Å²) in [5, 5.41) is 2.92. The zero-order valence-corrected chi connectivity index (χ0v) is 15.5. The molecule has 1 aromatic rings. The molecule has 0 unspecified atom stereocenters. The van der Waals surface area contributed by atoms with Gasteiger partial charge >= 0.3 is 6.03 Å². The molecule has 3 rings (SSSR count). The Bertz CT molecular complexity index is 719. The molecule has 3 heterocycles. The smallest absolute Gasteiger partial charge is 0.325 e. The summed E-state index contributed by atoms with van der Waals surface area (Å²) >= 11 is 0. The van der Waals surface area contributed by atoms with Crippen molar-refractivity contribution in [1.82, 2.24) is 20.1 Å². The van der Waals surface area contributed by atoms with E-state index in [4.69, 9.17) is 4.74 Å². The maximum absolute atomic E-state index is 12.8. The van der Waals surface area contributed by atoms with Gasteiger partial charge in [-0.3, -0.25) is 19.6 Å². The van der Waals surface area contributed by atoms with E-state index in [2.05, 4.69) is 15.2 Å². The molecule has 2 aliphatic heterocycles. The first-order valence-corrected chi connectivity index (χ1v) is 8.66. The van der Waals surface area contributed by atoms with Crippen LogP contribution < -0.4 is 10.1 Å². The number of amides is 3. The van der Waals surface area contributed by atoms with Crippen molar-refractivity contribution < 1.29 is 14.3 Å². The molecule has 136 valence electrons. The van der Waals surface area contributed by atoms with E-state index >= 15 is 0 Å². The first kappa shape index (κ1) is 17.7. The lowest BCUT2D eigenvalue weighted by Gasteiger charge is -2.23. The summed E-state index contributed by atoms with van der Waals surface area (Å²) in [5.74, 6) is 0.747. The number of carbonyl (C=O) groups is 2. The molecular formula is C18H26N4O3. The van der Waals surface area contributed by atoms with Crippen LogP contribution in [0.25, 0.3) is 0 Å². The summed E-state index contributed by atoms with van der Waals surface area (Å²) in [6.07, 6.45) is 2.44. The zero-order valence-electron chi connectivity index (χ0n) is 15.5. The second kappa shape index (κ2) is 6.29. The van der Waals surface area contributed by atoms with Gasteiger partial charge in [-0.2, -0.15) is 0 Å². The Morgan fingerprint density at radius 1 is 1.36 bits per heavy atom. The van der Waals surface area contributed by atoms with Gasteiger partial charge in [-0.1, -0.05) is 0 Å². The Morgan fingerprint density at radius 2 is 2.08 bits per heavy atom. The van der Waals surface area contributed by atoms with Gasteiger partial charge in [-0.25, -0.2) is 4.79 Å². The van der Waals surface area contributed by atoms with E-state index in [1.807, 2.05) is 33.9 Å². The second-order valence-corrected chi connectivity index (χ2v) is 7.29. The molecule has 0 bridgehead atoms. The van der Waals surface area contributed by atoms with Crippen molar-refractivity contribution in [3.05, 3.63) is 23.0 Å². The highest BCUT2D eigenvalue weighted by Crippen LogP contribution is 2.32. The number of hydrogen-bond donors (Lipinski definition) is 1. The first-order chi connectivity index (χ1) is 11.8. The minimum absolute atomic E-state index is 0.110. The number of ether oxygens (including phenoxy) is 1. The summed E-state index contributed by atoms with van der Waals surface area (Å²) in [7, 11) is 1.66. The number of aryl methyl sites for hydroxylation is 1. The molecule has 2 fully saturated rings. The van der Waals surface area contributed by atoms with Crippen LogP contribution in [-0.2, 0) is 11.3 Å². The number of nitrogens with one attached hydrogen (secondary N) is 1. The van der Waals surface area contributed by atoms with Gasteiger partial charge < -0.3 is 10.1 Å². The summed E-state index contributed by atoms with van der Waals surface area (Å²) in [6, 6.07) is -0.417. The molecule has 1 spiro atoms. The Balaban J connectivity index is 1.77. The second-order valence-electron chi connectivity index (χ2n) is 7.29. The van der Waals surface area contributed by atoms with Crippen LogP contribution in [0.3, 0.4) is 0 Å². The van der Waals surface area contributed by atoms with Crippen molar-refractivity contribution >= 4 is 11.9 Å². The van der Waals surface area contributed by atoms with Gasteiger partial charge in [0.15, 0.2) is 0 Å². The number of urea groups is 1. The average molecular weight is 346 g/mol. The van der Waals surface area contributed by atoms with Crippen LogP contribution in [0.5, 0.6) is 5.75 Å². The van der Waals surface area contributed by atoms with Gasteiger partial charge in [-0.15, -0.1) is 0 Å². The van der Waals surface area contributed by atoms with Crippen LogP contribution in [0.15, 0.2) is 6.20 Å². The Hall–Kier alpha value is -2.15. The molecule has 1 N–H and O–H groups in total. The van der Waals surface area contributed by atoms with Crippen molar-refractivity contribution in [3.8, 4) is 5.75 Å². The molecule has 7 nitrogen and oxygen atoms in total. The quantitative estimate of drug-likeness (QED) is 0.839. The number of carbonyl (C=O) groups excluding carboxylic acids is 2. The molecule has 25 heavy (non-hydrogen) atoms. The topological polar surface area (TPSA) is 74.8 Å². The van der Waals surface area contributed by atoms with Gasteiger partial charge in [0.25, 0.3) is 5.91 Å². The SMILES string of the molecule is COc1c(C)cnc(CN2CC[C@@]3(C2)NC(=O)N(C(C)C)C3=O)c1C. The normalized spacial score (nSPS) is 23.8. The maximum Gasteiger partial charge on any atom is 0.325 e. The lowest BCUT2D eigenvalue weighted by atomic mass is 9.98. The highest BCUT2D eigenvalue weighted by atomic mass is 16.5. The molecule has 0 aliphatic carbocycles. The largest absolute Gasteiger partial charge is 0.496 e. The lowest BCUT2D eigenvalue weighted by molar-refractivity contribution is -0.132. The molecule has 2 aliphatic rings. The fraction of sp³-hybridized carbons (Fsp3) is 0.611. The van der Waals surface area contributed by atoms with Gasteiger partial charge in [0.1, 0.15) is 11.3 Å². The Kier molecular flexibility index (Phi) is 4.45. The molecule has 1 aromatic heterocycles. The molecule has 0 radical (unpaired) electrons. The fourth-order valence-electron chi connectivity index (χ4n) is 3.85. The zero-order chi connectivity index (χ0) is 18.4. The Morgan fingerprint density at radius 3 is 2.68 bits per heavy atom. The number of aromatic nitrogens is 1. The number of methoxy groups -OCH3 is 1. The van der Waals surface area contributed by atoms with E-state index < -0.39 is 5.54 Å². The number of likely N-dealkylation sites (tertiary alicyclic amines) is 1.